The monoisotopic (exact) mass is 475 g/mol. The van der Waals surface area contributed by atoms with Crippen LogP contribution >= 0.6 is 0 Å². The first-order chi connectivity index (χ1) is 16.3. The van der Waals surface area contributed by atoms with Crippen LogP contribution in [0.1, 0.15) is 36.8 Å². The Hall–Kier alpha value is -4.02. The van der Waals surface area contributed by atoms with Crippen molar-refractivity contribution in [3.63, 3.8) is 0 Å². The predicted molar refractivity (Wildman–Crippen MR) is 119 cm³/mol. The maximum atomic E-state index is 13.4. The topological polar surface area (TPSA) is 148 Å². The molecule has 2 aromatic rings. The number of nitrogens with zero attached hydrogens (tertiary/aromatic N) is 1. The zero-order valence-electron chi connectivity index (χ0n) is 18.4. The quantitative estimate of drug-likeness (QED) is 0.229. The number of carbonyl (C=O) groups excluding carboxylic acids is 2. The van der Waals surface area contributed by atoms with Gasteiger partial charge >= 0.3 is 17.7 Å². The number of carboxylic acid groups (broad SMARTS) is 1. The van der Waals surface area contributed by atoms with Gasteiger partial charge in [-0.1, -0.05) is 42.8 Å². The molecule has 2 aromatic carbocycles. The second kappa shape index (κ2) is 13.5. The molecule has 34 heavy (non-hydrogen) atoms. The number of carbonyl (C=O) groups is 3. The average molecular weight is 475 g/mol. The number of nitro benzene ring substituents is 1. The molecule has 2 rings (SSSR count). The molecule has 1 atom stereocenters. The number of hydrogen-bond donors (Lipinski definition) is 3. The molecule has 0 radical (unpaired) electrons. The highest BCUT2D eigenvalue weighted by atomic mass is 19.1. The second-order valence-corrected chi connectivity index (χ2v) is 7.50. The summed E-state index contributed by atoms with van der Waals surface area (Å²) in [7, 11) is 0. The van der Waals surface area contributed by atoms with Gasteiger partial charge in [0.05, 0.1) is 4.92 Å². The molecule has 0 saturated heterocycles. The Morgan fingerprint density at radius 1 is 1.06 bits per heavy atom. The smallest absolute Gasteiger partial charge is 0.407 e. The summed E-state index contributed by atoms with van der Waals surface area (Å²) < 4.78 is 18.5. The molecule has 2 amide bonds. The van der Waals surface area contributed by atoms with Crippen molar-refractivity contribution in [3.05, 3.63) is 75.6 Å². The van der Waals surface area contributed by atoms with Gasteiger partial charge in [-0.2, -0.15) is 4.39 Å². The van der Waals surface area contributed by atoms with Crippen LogP contribution in [-0.4, -0.2) is 40.6 Å². The van der Waals surface area contributed by atoms with Crippen molar-refractivity contribution in [2.45, 2.75) is 44.8 Å². The minimum Gasteiger partial charge on any atom is -0.480 e. The number of alkyl carbamates (subject to hydrolysis) is 1. The van der Waals surface area contributed by atoms with Crippen LogP contribution in [0.25, 0.3) is 0 Å². The summed E-state index contributed by atoms with van der Waals surface area (Å²) in [6.07, 6.45) is 1.01. The molecule has 0 heterocycles. The number of rotatable bonds is 13. The molecule has 0 unspecified atom stereocenters. The number of halogens is 1. The molecule has 0 saturated carbocycles. The minimum atomic E-state index is -1.31. The molecule has 0 fully saturated rings. The molecule has 0 bridgehead atoms. The molecule has 11 heteroatoms. The fourth-order valence-corrected chi connectivity index (χ4v) is 3.08. The number of nitrogens with one attached hydrogen (secondary N) is 2. The predicted octanol–water partition coefficient (Wildman–Crippen LogP) is 3.33. The molecule has 0 aromatic heterocycles. The van der Waals surface area contributed by atoms with E-state index in [0.717, 1.165) is 17.7 Å². The van der Waals surface area contributed by atoms with Crippen LogP contribution in [-0.2, 0) is 27.4 Å². The van der Waals surface area contributed by atoms with Crippen molar-refractivity contribution < 1.29 is 33.5 Å². The van der Waals surface area contributed by atoms with E-state index in [0.29, 0.717) is 25.8 Å². The molecule has 182 valence electrons. The highest BCUT2D eigenvalue weighted by molar-refractivity contribution is 5.83. The third-order valence-electron chi connectivity index (χ3n) is 4.84. The Morgan fingerprint density at radius 3 is 2.47 bits per heavy atom. The Bertz CT molecular complexity index is 1000. The largest absolute Gasteiger partial charge is 0.480 e. The number of benzene rings is 2. The number of hydrogen-bond acceptors (Lipinski definition) is 6. The first kappa shape index (κ1) is 26.2. The lowest BCUT2D eigenvalue weighted by molar-refractivity contribution is -0.387. The highest BCUT2D eigenvalue weighted by Gasteiger charge is 2.22. The zero-order valence-corrected chi connectivity index (χ0v) is 18.4. The van der Waals surface area contributed by atoms with Crippen LogP contribution in [0, 0.1) is 15.9 Å². The van der Waals surface area contributed by atoms with E-state index in [1.165, 1.54) is 6.07 Å². The molecule has 0 spiro atoms. The lowest BCUT2D eigenvalue weighted by atomic mass is 10.0. The van der Waals surface area contributed by atoms with Crippen LogP contribution in [0.4, 0.5) is 14.9 Å². The van der Waals surface area contributed by atoms with E-state index in [2.05, 4.69) is 10.6 Å². The third-order valence-corrected chi connectivity index (χ3v) is 4.84. The van der Waals surface area contributed by atoms with Gasteiger partial charge in [-0.15, -0.1) is 0 Å². The van der Waals surface area contributed by atoms with E-state index in [9.17, 15) is 34.0 Å². The van der Waals surface area contributed by atoms with Gasteiger partial charge in [0.2, 0.25) is 11.7 Å². The van der Waals surface area contributed by atoms with E-state index < -0.39 is 40.4 Å². The van der Waals surface area contributed by atoms with Crippen LogP contribution in [0.2, 0.25) is 0 Å². The van der Waals surface area contributed by atoms with Crippen molar-refractivity contribution in [2.75, 3.05) is 6.54 Å². The van der Waals surface area contributed by atoms with Gasteiger partial charge in [0.1, 0.15) is 12.6 Å². The molecule has 0 aliphatic heterocycles. The SMILES string of the molecule is O=C(CCCCCNC(=O)OCc1ccccc1)N[C@@H](Cc1ccc(F)c([N+](=O)[O-])c1)C(=O)O. The fourth-order valence-electron chi connectivity index (χ4n) is 3.08. The highest BCUT2D eigenvalue weighted by Crippen LogP contribution is 2.19. The number of carboxylic acids is 1. The number of amides is 2. The van der Waals surface area contributed by atoms with Gasteiger partial charge in [0.15, 0.2) is 0 Å². The van der Waals surface area contributed by atoms with E-state index in [1.54, 1.807) is 0 Å². The number of ether oxygens (including phenoxy) is 1. The minimum absolute atomic E-state index is 0.0752. The van der Waals surface area contributed by atoms with E-state index >= 15 is 0 Å². The van der Waals surface area contributed by atoms with E-state index in [4.69, 9.17) is 4.74 Å². The van der Waals surface area contributed by atoms with Crippen molar-refractivity contribution in [1.29, 1.82) is 0 Å². The second-order valence-electron chi connectivity index (χ2n) is 7.50. The Labute approximate surface area is 195 Å². The van der Waals surface area contributed by atoms with Gasteiger partial charge in [-0.05, 0) is 30.0 Å². The summed E-state index contributed by atoms with van der Waals surface area (Å²) in [5.41, 5.74) is 0.331. The third kappa shape index (κ3) is 9.23. The maximum Gasteiger partial charge on any atom is 0.407 e. The number of unbranched alkanes of at least 4 members (excludes halogenated alkanes) is 2. The summed E-state index contributed by atoms with van der Waals surface area (Å²) in [6, 6.07) is 11.0. The lowest BCUT2D eigenvalue weighted by Gasteiger charge is -2.15. The lowest BCUT2D eigenvalue weighted by Crippen LogP contribution is -2.42. The van der Waals surface area contributed by atoms with Crippen molar-refractivity contribution >= 4 is 23.7 Å². The van der Waals surface area contributed by atoms with Gasteiger partial charge in [-0.3, -0.25) is 14.9 Å². The first-order valence-corrected chi connectivity index (χ1v) is 10.7. The van der Waals surface area contributed by atoms with Gasteiger partial charge in [-0.25, -0.2) is 9.59 Å². The summed E-state index contributed by atoms with van der Waals surface area (Å²) in [5, 5.41) is 25.2. The fraction of sp³-hybridized carbons (Fsp3) is 0.348. The Kier molecular flexibility index (Phi) is 10.4. The van der Waals surface area contributed by atoms with Gasteiger partial charge in [0.25, 0.3) is 0 Å². The summed E-state index contributed by atoms with van der Waals surface area (Å²) in [4.78, 5) is 45.2. The van der Waals surface area contributed by atoms with Gasteiger partial charge in [0, 0.05) is 25.5 Å². The zero-order chi connectivity index (χ0) is 24.9. The van der Waals surface area contributed by atoms with Crippen molar-refractivity contribution in [1.82, 2.24) is 10.6 Å². The summed E-state index contributed by atoms with van der Waals surface area (Å²) >= 11 is 0. The standard InChI is InChI=1S/C23H26FN3O7/c24-18-11-10-17(14-20(18)27(32)33)13-19(22(29)30)26-21(28)9-5-2-6-12-25-23(31)34-15-16-7-3-1-4-8-16/h1,3-4,7-8,10-11,14,19H,2,5-6,9,12-13,15H2,(H,25,31)(H,26,28)(H,29,30)/t19-/m0/s1. The molecular weight excluding hydrogens is 449 g/mol. The van der Waals surface area contributed by atoms with Gasteiger partial charge < -0.3 is 20.5 Å². The Morgan fingerprint density at radius 2 is 1.79 bits per heavy atom. The maximum absolute atomic E-state index is 13.4. The normalized spacial score (nSPS) is 11.3. The molecular formula is C23H26FN3O7. The molecule has 0 aliphatic carbocycles. The average Bonchev–Trinajstić information content (AvgIpc) is 2.81. The summed E-state index contributed by atoms with van der Waals surface area (Å²) in [6.45, 7) is 0.541. The molecule has 0 aliphatic rings. The number of nitro groups is 1. The molecule has 10 nitrogen and oxygen atoms in total. The van der Waals surface area contributed by atoms with E-state index in [1.807, 2.05) is 30.3 Å². The molecule has 3 N–H and O–H groups in total. The van der Waals surface area contributed by atoms with E-state index in [-0.39, 0.29) is 25.0 Å². The Balaban J connectivity index is 1.66. The van der Waals surface area contributed by atoms with Crippen molar-refractivity contribution in [3.8, 4) is 0 Å². The number of aliphatic carboxylic acids is 1. The van der Waals surface area contributed by atoms with Crippen LogP contribution < -0.4 is 10.6 Å². The van der Waals surface area contributed by atoms with Crippen LogP contribution in [0.15, 0.2) is 48.5 Å². The van der Waals surface area contributed by atoms with Crippen LogP contribution in [0.5, 0.6) is 0 Å². The van der Waals surface area contributed by atoms with Crippen molar-refractivity contribution in [2.24, 2.45) is 0 Å². The first-order valence-electron chi connectivity index (χ1n) is 10.7. The van der Waals surface area contributed by atoms with Crippen LogP contribution in [0.3, 0.4) is 0 Å². The summed E-state index contributed by atoms with van der Waals surface area (Å²) in [5.74, 6) is -2.82.